The number of hydrogen-bond acceptors (Lipinski definition) is 3. The van der Waals surface area contributed by atoms with E-state index in [-0.39, 0.29) is 17.1 Å². The second kappa shape index (κ2) is 7.33. The first kappa shape index (κ1) is 21.0. The quantitative estimate of drug-likeness (QED) is 0.258. The number of ketones is 2. The van der Waals surface area contributed by atoms with Gasteiger partial charge in [-0.1, -0.05) is 29.8 Å². The van der Waals surface area contributed by atoms with Crippen LogP contribution in [0.3, 0.4) is 0 Å². The van der Waals surface area contributed by atoms with E-state index in [9.17, 15) is 22.8 Å². The molecule has 2 aromatic carbocycles. The minimum Gasteiger partial charge on any atom is -0.454 e. The van der Waals surface area contributed by atoms with E-state index in [1.165, 1.54) is 12.1 Å². The van der Waals surface area contributed by atoms with Crippen LogP contribution in [0.15, 0.2) is 64.6 Å². The summed E-state index contributed by atoms with van der Waals surface area (Å²) in [6.45, 7) is 4.33. The number of Topliss-reactive ketones (excluding diaryl/α,β-unsaturated/α-hetero) is 2. The molecule has 0 spiro atoms. The van der Waals surface area contributed by atoms with Crippen LogP contribution in [-0.2, 0) is 12.7 Å². The Bertz CT molecular complexity index is 1470. The molecule has 1 aliphatic rings. The van der Waals surface area contributed by atoms with Crippen molar-refractivity contribution in [2.24, 2.45) is 0 Å². The Kier molecular flexibility index (Phi) is 4.67. The van der Waals surface area contributed by atoms with Crippen LogP contribution in [0.5, 0.6) is 0 Å². The van der Waals surface area contributed by atoms with Crippen molar-refractivity contribution in [1.29, 1.82) is 0 Å². The second-order valence-corrected chi connectivity index (χ2v) is 8.01. The van der Waals surface area contributed by atoms with Crippen molar-refractivity contribution in [1.82, 2.24) is 4.57 Å². The average molecular weight is 449 g/mol. The van der Waals surface area contributed by atoms with E-state index in [0.717, 1.165) is 23.2 Å². The molecular weight excluding hydrogens is 431 g/mol. The summed E-state index contributed by atoms with van der Waals surface area (Å²) in [6, 6.07) is 13.4. The molecule has 0 radical (unpaired) electrons. The standard InChI is InChI=1S/C26H18F3NO3/c1-3-30-17(11-20-24(31)18-9-4-14(2)10-19(18)25(20)32)12-23-21(30)13-22(33-23)15-5-7-16(8-6-15)26(27,28)29/h4-13H,3H2,1-2H3/b20-11-. The minimum absolute atomic E-state index is 0.105. The Labute approximate surface area is 186 Å². The zero-order chi connectivity index (χ0) is 23.5. The lowest BCUT2D eigenvalue weighted by Gasteiger charge is -2.06. The molecule has 4 nitrogen and oxygen atoms in total. The molecule has 33 heavy (non-hydrogen) atoms. The molecular formula is C26H18F3NO3. The molecule has 7 heteroatoms. The number of rotatable bonds is 3. The molecule has 1 aliphatic carbocycles. The molecule has 166 valence electrons. The maximum absolute atomic E-state index is 12.9. The number of carbonyl (C=O) groups excluding carboxylic acids is 2. The molecule has 2 heterocycles. The lowest BCUT2D eigenvalue weighted by atomic mass is 10.1. The molecule has 2 aromatic heterocycles. The zero-order valence-corrected chi connectivity index (χ0v) is 17.8. The molecule has 0 saturated heterocycles. The van der Waals surface area contributed by atoms with Crippen LogP contribution in [0.25, 0.3) is 28.5 Å². The van der Waals surface area contributed by atoms with Crippen molar-refractivity contribution < 1.29 is 27.2 Å². The summed E-state index contributed by atoms with van der Waals surface area (Å²) in [5.41, 5.74) is 3.51. The van der Waals surface area contributed by atoms with Gasteiger partial charge in [-0.3, -0.25) is 9.59 Å². The van der Waals surface area contributed by atoms with Crippen molar-refractivity contribution in [2.45, 2.75) is 26.6 Å². The number of aromatic nitrogens is 1. The van der Waals surface area contributed by atoms with E-state index in [2.05, 4.69) is 0 Å². The van der Waals surface area contributed by atoms with Gasteiger partial charge in [0.2, 0.25) is 0 Å². The van der Waals surface area contributed by atoms with Crippen LogP contribution in [-0.4, -0.2) is 16.1 Å². The molecule has 0 unspecified atom stereocenters. The summed E-state index contributed by atoms with van der Waals surface area (Å²) in [5.74, 6) is -0.170. The van der Waals surface area contributed by atoms with E-state index < -0.39 is 11.7 Å². The summed E-state index contributed by atoms with van der Waals surface area (Å²) >= 11 is 0. The van der Waals surface area contributed by atoms with Gasteiger partial charge < -0.3 is 8.98 Å². The third kappa shape index (κ3) is 3.40. The van der Waals surface area contributed by atoms with Gasteiger partial charge in [0.05, 0.1) is 16.7 Å². The van der Waals surface area contributed by atoms with Crippen LogP contribution in [0.1, 0.15) is 44.5 Å². The van der Waals surface area contributed by atoms with Gasteiger partial charge >= 0.3 is 6.18 Å². The van der Waals surface area contributed by atoms with Crippen molar-refractivity contribution in [3.05, 3.63) is 88.1 Å². The first-order valence-corrected chi connectivity index (χ1v) is 10.4. The first-order chi connectivity index (χ1) is 15.7. The van der Waals surface area contributed by atoms with Crippen LogP contribution in [0, 0.1) is 6.92 Å². The predicted octanol–water partition coefficient (Wildman–Crippen LogP) is 6.71. The number of hydrogen-bond donors (Lipinski definition) is 0. The first-order valence-electron chi connectivity index (χ1n) is 10.4. The van der Waals surface area contributed by atoms with Gasteiger partial charge in [0, 0.05) is 41.1 Å². The molecule has 0 aliphatic heterocycles. The van der Waals surface area contributed by atoms with Crippen LogP contribution in [0.4, 0.5) is 13.2 Å². The fourth-order valence-corrected chi connectivity index (χ4v) is 4.22. The van der Waals surface area contributed by atoms with Crippen molar-refractivity contribution in [2.75, 3.05) is 0 Å². The topological polar surface area (TPSA) is 52.2 Å². The molecule has 0 amide bonds. The molecule has 0 fully saturated rings. The largest absolute Gasteiger partial charge is 0.454 e. The summed E-state index contributed by atoms with van der Waals surface area (Å²) in [4.78, 5) is 25.7. The summed E-state index contributed by atoms with van der Waals surface area (Å²) < 4.78 is 46.3. The molecule has 0 atom stereocenters. The van der Waals surface area contributed by atoms with E-state index >= 15 is 0 Å². The Morgan fingerprint density at radius 3 is 2.30 bits per heavy atom. The highest BCUT2D eigenvalue weighted by molar-refractivity contribution is 6.41. The highest BCUT2D eigenvalue weighted by Crippen LogP contribution is 2.35. The lowest BCUT2D eigenvalue weighted by molar-refractivity contribution is -0.137. The number of benzene rings is 2. The van der Waals surface area contributed by atoms with Crippen molar-refractivity contribution in [3.8, 4) is 11.3 Å². The number of fused-ring (bicyclic) bond motifs is 2. The predicted molar refractivity (Wildman–Crippen MR) is 118 cm³/mol. The minimum atomic E-state index is -4.40. The second-order valence-electron chi connectivity index (χ2n) is 8.01. The number of halogens is 3. The summed E-state index contributed by atoms with van der Waals surface area (Å²) in [7, 11) is 0. The fourth-order valence-electron chi connectivity index (χ4n) is 4.22. The van der Waals surface area contributed by atoms with Gasteiger partial charge in [-0.05, 0) is 38.1 Å². The molecule has 4 aromatic rings. The SMILES string of the molecule is CCn1c(/C=C2/C(=O)c3ccc(C)cc3C2=O)cc2oc(-c3ccc(C(F)(F)F)cc3)cc21. The van der Waals surface area contributed by atoms with Crippen LogP contribution < -0.4 is 0 Å². The monoisotopic (exact) mass is 449 g/mol. The Morgan fingerprint density at radius 2 is 1.64 bits per heavy atom. The molecule has 0 bridgehead atoms. The lowest BCUT2D eigenvalue weighted by Crippen LogP contribution is -2.03. The number of allylic oxidation sites excluding steroid dienone is 1. The van der Waals surface area contributed by atoms with Gasteiger partial charge in [-0.2, -0.15) is 13.2 Å². The molecule has 5 rings (SSSR count). The summed E-state index contributed by atoms with van der Waals surface area (Å²) in [5, 5.41) is 0. The number of alkyl halides is 3. The van der Waals surface area contributed by atoms with Gasteiger partial charge in [-0.25, -0.2) is 0 Å². The van der Waals surface area contributed by atoms with Gasteiger partial charge in [-0.15, -0.1) is 0 Å². The average Bonchev–Trinajstić information content (AvgIpc) is 3.39. The van der Waals surface area contributed by atoms with Crippen molar-refractivity contribution >= 4 is 28.7 Å². The van der Waals surface area contributed by atoms with E-state index in [4.69, 9.17) is 4.42 Å². The van der Waals surface area contributed by atoms with Gasteiger partial charge in [0.1, 0.15) is 5.76 Å². The molecule has 0 saturated carbocycles. The zero-order valence-electron chi connectivity index (χ0n) is 17.8. The summed E-state index contributed by atoms with van der Waals surface area (Å²) in [6.07, 6.45) is -2.82. The highest BCUT2D eigenvalue weighted by atomic mass is 19.4. The van der Waals surface area contributed by atoms with Crippen LogP contribution >= 0.6 is 0 Å². The maximum Gasteiger partial charge on any atom is 0.416 e. The number of carbonyl (C=O) groups is 2. The van der Waals surface area contributed by atoms with E-state index in [1.807, 2.05) is 18.4 Å². The Balaban J connectivity index is 1.53. The maximum atomic E-state index is 12.9. The van der Waals surface area contributed by atoms with Gasteiger partial charge in [0.15, 0.2) is 17.1 Å². The fraction of sp³-hybridized carbons (Fsp3) is 0.154. The Morgan fingerprint density at radius 1 is 0.939 bits per heavy atom. The van der Waals surface area contributed by atoms with E-state index in [0.29, 0.717) is 40.3 Å². The Hall–Kier alpha value is -3.87. The smallest absolute Gasteiger partial charge is 0.416 e. The molecule has 0 N–H and O–H groups in total. The highest BCUT2D eigenvalue weighted by Gasteiger charge is 2.33. The number of nitrogens with zero attached hydrogens (tertiary/aromatic N) is 1. The normalized spacial score (nSPS) is 15.1. The third-order valence-corrected chi connectivity index (χ3v) is 5.88. The van der Waals surface area contributed by atoms with E-state index in [1.54, 1.807) is 36.4 Å². The third-order valence-electron chi connectivity index (χ3n) is 5.88. The van der Waals surface area contributed by atoms with Crippen molar-refractivity contribution in [3.63, 3.8) is 0 Å². The van der Waals surface area contributed by atoms with Crippen LogP contribution in [0.2, 0.25) is 0 Å². The number of furan rings is 1. The number of aryl methyl sites for hydroxylation is 2. The van der Waals surface area contributed by atoms with Gasteiger partial charge in [0.25, 0.3) is 0 Å².